The molecule has 0 saturated heterocycles. The number of rotatable bonds is 5. The number of ether oxygens (including phenoxy) is 1. The Morgan fingerprint density at radius 2 is 2.26 bits per heavy atom. The molecule has 0 aliphatic heterocycles. The van der Waals surface area contributed by atoms with E-state index in [-0.39, 0.29) is 5.69 Å². The fraction of sp³-hybridized carbons (Fsp3) is 0.333. The fourth-order valence-electron chi connectivity index (χ4n) is 1.62. The van der Waals surface area contributed by atoms with Crippen molar-refractivity contribution in [1.29, 1.82) is 0 Å². The van der Waals surface area contributed by atoms with Crippen LogP contribution in [0.4, 0.5) is 5.69 Å². The van der Waals surface area contributed by atoms with Gasteiger partial charge in [0.05, 0.1) is 12.3 Å². The first-order chi connectivity index (χ1) is 9.15. The van der Waals surface area contributed by atoms with Crippen LogP contribution in [0.25, 0.3) is 0 Å². The Morgan fingerprint density at radius 1 is 1.47 bits per heavy atom. The zero-order valence-electron chi connectivity index (χ0n) is 10.8. The van der Waals surface area contributed by atoms with Gasteiger partial charge in [0.1, 0.15) is 5.75 Å². The topological polar surface area (TPSA) is 85.9 Å². The lowest BCUT2D eigenvalue weighted by molar-refractivity contribution is 0.341. The van der Waals surface area contributed by atoms with Crippen molar-refractivity contribution < 1.29 is 4.74 Å². The number of H-pyrrole nitrogens is 1. The SMILES string of the molecule is CCOc1cc(Sc2n[nH]c(=O)n2CC)ccc1N. The van der Waals surface area contributed by atoms with E-state index in [9.17, 15) is 4.79 Å². The molecule has 0 fully saturated rings. The van der Waals surface area contributed by atoms with Crippen molar-refractivity contribution in [1.82, 2.24) is 14.8 Å². The summed E-state index contributed by atoms with van der Waals surface area (Å²) < 4.78 is 7.01. The van der Waals surface area contributed by atoms with Crippen molar-refractivity contribution in [3.63, 3.8) is 0 Å². The predicted octanol–water partition coefficient (Wildman–Crippen LogP) is 1.72. The maximum Gasteiger partial charge on any atom is 0.343 e. The molecule has 0 radical (unpaired) electrons. The number of nitrogens with zero attached hydrogens (tertiary/aromatic N) is 2. The molecule has 0 aliphatic rings. The van der Waals surface area contributed by atoms with Crippen molar-refractivity contribution in [3.8, 4) is 5.75 Å². The van der Waals surface area contributed by atoms with Gasteiger partial charge >= 0.3 is 5.69 Å². The number of benzene rings is 1. The van der Waals surface area contributed by atoms with Crippen LogP contribution in [0, 0.1) is 0 Å². The normalized spacial score (nSPS) is 10.6. The summed E-state index contributed by atoms with van der Waals surface area (Å²) in [7, 11) is 0. The Kier molecular flexibility index (Phi) is 4.16. The molecule has 1 heterocycles. The van der Waals surface area contributed by atoms with Gasteiger partial charge in [-0.1, -0.05) is 0 Å². The van der Waals surface area contributed by atoms with E-state index < -0.39 is 0 Å². The number of aromatic amines is 1. The third-order valence-corrected chi connectivity index (χ3v) is 3.52. The van der Waals surface area contributed by atoms with Crippen LogP contribution < -0.4 is 16.2 Å². The van der Waals surface area contributed by atoms with Crippen LogP contribution in [0.2, 0.25) is 0 Å². The summed E-state index contributed by atoms with van der Waals surface area (Å²) in [6, 6.07) is 5.51. The Bertz CT molecular complexity index is 620. The summed E-state index contributed by atoms with van der Waals surface area (Å²) in [6.45, 7) is 4.93. The van der Waals surface area contributed by atoms with Gasteiger partial charge in [0.2, 0.25) is 0 Å². The average Bonchev–Trinajstić information content (AvgIpc) is 2.74. The number of hydrogen-bond acceptors (Lipinski definition) is 5. The van der Waals surface area contributed by atoms with Gasteiger partial charge in [-0.15, -0.1) is 5.10 Å². The smallest absolute Gasteiger partial charge is 0.343 e. The molecule has 2 rings (SSSR count). The Morgan fingerprint density at radius 3 is 2.95 bits per heavy atom. The molecule has 1 aromatic carbocycles. The number of hydrogen-bond donors (Lipinski definition) is 2. The highest BCUT2D eigenvalue weighted by atomic mass is 32.2. The summed E-state index contributed by atoms with van der Waals surface area (Å²) in [5.74, 6) is 0.647. The molecule has 0 saturated carbocycles. The van der Waals surface area contributed by atoms with Gasteiger partial charge in [-0.3, -0.25) is 4.57 Å². The van der Waals surface area contributed by atoms with Crippen molar-refractivity contribution in [2.75, 3.05) is 12.3 Å². The summed E-state index contributed by atoms with van der Waals surface area (Å²) in [5.41, 5.74) is 6.21. The van der Waals surface area contributed by atoms with Gasteiger partial charge in [-0.25, -0.2) is 9.89 Å². The van der Waals surface area contributed by atoms with Crippen molar-refractivity contribution in [2.45, 2.75) is 30.4 Å². The average molecular weight is 280 g/mol. The van der Waals surface area contributed by atoms with E-state index in [1.165, 1.54) is 11.8 Å². The van der Waals surface area contributed by atoms with E-state index in [4.69, 9.17) is 10.5 Å². The van der Waals surface area contributed by atoms with Crippen LogP contribution >= 0.6 is 11.8 Å². The molecule has 0 aliphatic carbocycles. The highest BCUT2D eigenvalue weighted by molar-refractivity contribution is 7.99. The second kappa shape index (κ2) is 5.83. The second-order valence-electron chi connectivity index (χ2n) is 3.79. The Labute approximate surface area is 115 Å². The maximum absolute atomic E-state index is 11.5. The first-order valence-corrected chi connectivity index (χ1v) is 6.82. The van der Waals surface area contributed by atoms with Crippen LogP contribution in [-0.2, 0) is 6.54 Å². The molecule has 0 amide bonds. The summed E-state index contributed by atoms with van der Waals surface area (Å²) in [6.07, 6.45) is 0. The minimum absolute atomic E-state index is 0.203. The highest BCUT2D eigenvalue weighted by Gasteiger charge is 2.10. The highest BCUT2D eigenvalue weighted by Crippen LogP contribution is 2.31. The fourth-order valence-corrected chi connectivity index (χ4v) is 2.55. The minimum Gasteiger partial charge on any atom is -0.492 e. The van der Waals surface area contributed by atoms with Crippen LogP contribution in [0.1, 0.15) is 13.8 Å². The predicted molar refractivity (Wildman–Crippen MR) is 74.7 cm³/mol. The van der Waals surface area contributed by atoms with Gasteiger partial charge in [0.15, 0.2) is 5.16 Å². The van der Waals surface area contributed by atoms with E-state index in [1.807, 2.05) is 26.0 Å². The molecular weight excluding hydrogens is 264 g/mol. The van der Waals surface area contributed by atoms with Crippen molar-refractivity contribution >= 4 is 17.4 Å². The van der Waals surface area contributed by atoms with Crippen LogP contribution in [0.5, 0.6) is 5.75 Å². The van der Waals surface area contributed by atoms with Crippen LogP contribution in [0.3, 0.4) is 0 Å². The molecule has 102 valence electrons. The minimum atomic E-state index is -0.203. The molecule has 6 nitrogen and oxygen atoms in total. The standard InChI is InChI=1S/C12H16N4O2S/c1-3-16-11(17)14-15-12(16)19-8-5-6-9(13)10(7-8)18-4-2/h5-7H,3-4,13H2,1-2H3,(H,14,17). The third kappa shape index (κ3) is 2.93. The number of aromatic nitrogens is 3. The largest absolute Gasteiger partial charge is 0.492 e. The molecule has 0 spiro atoms. The van der Waals surface area contributed by atoms with Gasteiger partial charge in [-0.05, 0) is 43.8 Å². The Balaban J connectivity index is 2.28. The second-order valence-corrected chi connectivity index (χ2v) is 4.83. The van der Waals surface area contributed by atoms with Crippen molar-refractivity contribution in [2.24, 2.45) is 0 Å². The number of nitrogen functional groups attached to an aromatic ring is 1. The molecule has 0 bridgehead atoms. The van der Waals surface area contributed by atoms with E-state index in [2.05, 4.69) is 10.2 Å². The lowest BCUT2D eigenvalue weighted by Crippen LogP contribution is -2.15. The lowest BCUT2D eigenvalue weighted by atomic mass is 10.3. The zero-order valence-corrected chi connectivity index (χ0v) is 11.7. The molecule has 0 atom stereocenters. The van der Waals surface area contributed by atoms with E-state index >= 15 is 0 Å². The number of nitrogens with one attached hydrogen (secondary N) is 1. The molecular formula is C12H16N4O2S. The van der Waals surface area contributed by atoms with Gasteiger partial charge in [0, 0.05) is 11.4 Å². The molecule has 2 aromatic rings. The summed E-state index contributed by atoms with van der Waals surface area (Å²) in [4.78, 5) is 12.4. The zero-order chi connectivity index (χ0) is 13.8. The molecule has 19 heavy (non-hydrogen) atoms. The summed E-state index contributed by atoms with van der Waals surface area (Å²) >= 11 is 1.39. The van der Waals surface area contributed by atoms with E-state index in [1.54, 1.807) is 10.6 Å². The number of nitrogens with two attached hydrogens (primary N) is 1. The molecule has 0 unspecified atom stereocenters. The van der Waals surface area contributed by atoms with Gasteiger partial charge in [0.25, 0.3) is 0 Å². The van der Waals surface area contributed by atoms with Gasteiger partial charge in [-0.2, -0.15) is 0 Å². The molecule has 3 N–H and O–H groups in total. The quantitative estimate of drug-likeness (QED) is 0.814. The van der Waals surface area contributed by atoms with E-state index in [0.29, 0.717) is 29.7 Å². The van der Waals surface area contributed by atoms with Gasteiger partial charge < -0.3 is 10.5 Å². The first kappa shape index (κ1) is 13.5. The monoisotopic (exact) mass is 280 g/mol. The van der Waals surface area contributed by atoms with Crippen LogP contribution in [0.15, 0.2) is 33.0 Å². The van der Waals surface area contributed by atoms with E-state index in [0.717, 1.165) is 4.90 Å². The lowest BCUT2D eigenvalue weighted by Gasteiger charge is -2.08. The van der Waals surface area contributed by atoms with Crippen molar-refractivity contribution in [3.05, 3.63) is 28.7 Å². The Hall–Kier alpha value is -1.89. The first-order valence-electron chi connectivity index (χ1n) is 6.01. The maximum atomic E-state index is 11.5. The molecule has 1 aromatic heterocycles. The molecule has 7 heteroatoms. The third-order valence-electron chi connectivity index (χ3n) is 2.53. The summed E-state index contributed by atoms with van der Waals surface area (Å²) in [5, 5.41) is 7.06. The number of anilines is 1. The van der Waals surface area contributed by atoms with Crippen LogP contribution in [-0.4, -0.2) is 21.4 Å².